The molecule has 0 radical (unpaired) electrons. The highest BCUT2D eigenvalue weighted by molar-refractivity contribution is 6.30. The van der Waals surface area contributed by atoms with E-state index in [1.165, 1.54) is 0 Å². The van der Waals surface area contributed by atoms with Crippen LogP contribution in [0.25, 0.3) is 22.2 Å². The molecule has 3 aromatic carbocycles. The van der Waals surface area contributed by atoms with Crippen molar-refractivity contribution in [2.45, 2.75) is 0 Å². The number of benzene rings is 3. The number of nitrogens with one attached hydrogen (secondary N) is 3. The minimum Gasteiger partial charge on any atom is -0.353 e. The van der Waals surface area contributed by atoms with Gasteiger partial charge in [-0.1, -0.05) is 41.9 Å². The number of fused-ring (bicyclic) bond motifs is 1. The average Bonchev–Trinajstić information content (AvgIpc) is 3.04. The molecule has 0 saturated heterocycles. The largest absolute Gasteiger partial charge is 0.353 e. The van der Waals surface area contributed by atoms with E-state index in [4.69, 9.17) is 11.6 Å². The van der Waals surface area contributed by atoms with Gasteiger partial charge in [-0.05, 0) is 30.3 Å². The third kappa shape index (κ3) is 3.54. The lowest BCUT2D eigenvalue weighted by molar-refractivity contribution is 0.262. The number of urea groups is 1. The number of anilines is 2. The molecule has 1 heterocycles. The summed E-state index contributed by atoms with van der Waals surface area (Å²) in [5, 5.41) is 6.45. The summed E-state index contributed by atoms with van der Waals surface area (Å²) in [6, 6.07) is 16.7. The Labute approximate surface area is 164 Å². The lowest BCUT2D eigenvalue weighted by atomic mass is 10.1. The van der Waals surface area contributed by atoms with Gasteiger partial charge in [0.25, 0.3) is 0 Å². The lowest BCUT2D eigenvalue weighted by Gasteiger charge is -2.10. The van der Waals surface area contributed by atoms with Crippen LogP contribution in [0.5, 0.6) is 0 Å². The van der Waals surface area contributed by atoms with Gasteiger partial charge < -0.3 is 15.6 Å². The number of hydrogen-bond acceptors (Lipinski definition) is 1. The van der Waals surface area contributed by atoms with E-state index in [1.54, 1.807) is 12.1 Å². The van der Waals surface area contributed by atoms with Gasteiger partial charge in [0.2, 0.25) is 0 Å². The highest BCUT2D eigenvalue weighted by atomic mass is 35.5. The maximum absolute atomic E-state index is 13.8. The summed E-state index contributed by atoms with van der Waals surface area (Å²) in [7, 11) is 0. The zero-order chi connectivity index (χ0) is 19.7. The summed E-state index contributed by atoms with van der Waals surface area (Å²) in [6.45, 7) is 0. The molecule has 2 amide bonds. The maximum atomic E-state index is 13.8. The van der Waals surface area contributed by atoms with Crippen LogP contribution in [0.3, 0.4) is 0 Å². The molecule has 4 rings (SSSR count). The number of aromatic nitrogens is 1. The first-order valence-electron chi connectivity index (χ1n) is 8.41. The van der Waals surface area contributed by atoms with Crippen molar-refractivity contribution in [2.75, 3.05) is 10.6 Å². The number of halogens is 3. The zero-order valence-corrected chi connectivity index (χ0v) is 15.1. The monoisotopic (exact) mass is 397 g/mol. The first kappa shape index (κ1) is 18.0. The van der Waals surface area contributed by atoms with Crippen LogP contribution in [0.4, 0.5) is 25.0 Å². The smallest absolute Gasteiger partial charge is 0.323 e. The quantitative estimate of drug-likeness (QED) is 0.367. The number of rotatable bonds is 3. The van der Waals surface area contributed by atoms with Gasteiger partial charge in [-0.25, -0.2) is 13.6 Å². The first-order chi connectivity index (χ1) is 13.5. The van der Waals surface area contributed by atoms with E-state index in [0.29, 0.717) is 16.4 Å². The van der Waals surface area contributed by atoms with Gasteiger partial charge in [-0.15, -0.1) is 0 Å². The van der Waals surface area contributed by atoms with E-state index in [-0.39, 0.29) is 5.69 Å². The van der Waals surface area contributed by atoms with Crippen molar-refractivity contribution in [3.05, 3.63) is 83.4 Å². The van der Waals surface area contributed by atoms with E-state index in [0.717, 1.165) is 34.7 Å². The molecule has 0 aliphatic rings. The predicted molar refractivity (Wildman–Crippen MR) is 108 cm³/mol. The summed E-state index contributed by atoms with van der Waals surface area (Å²) in [6.07, 6.45) is 0. The number of H-pyrrole nitrogens is 1. The van der Waals surface area contributed by atoms with Crippen LogP contribution in [0.15, 0.2) is 66.7 Å². The van der Waals surface area contributed by atoms with Crippen molar-refractivity contribution in [1.82, 2.24) is 4.98 Å². The molecule has 0 fully saturated rings. The van der Waals surface area contributed by atoms with Crippen molar-refractivity contribution < 1.29 is 13.6 Å². The second-order valence-corrected chi connectivity index (χ2v) is 6.57. The topological polar surface area (TPSA) is 56.9 Å². The standard InChI is InChI=1S/C21H14ClF2N3O/c22-13-7-5-12(6-8-13)19-20(15-3-1-2-4-17(15)25-19)27-21(28)26-18-11-14(23)9-10-16(18)24/h1-11,25H,(H2,26,27,28). The van der Waals surface area contributed by atoms with E-state index in [1.807, 2.05) is 36.4 Å². The van der Waals surface area contributed by atoms with Crippen LogP contribution in [0.1, 0.15) is 0 Å². The van der Waals surface area contributed by atoms with Crippen molar-refractivity contribution in [3.8, 4) is 11.3 Å². The SMILES string of the molecule is O=C(Nc1cc(F)ccc1F)Nc1c(-c2ccc(Cl)cc2)[nH]c2ccccc12. The molecule has 0 unspecified atom stereocenters. The van der Waals surface area contributed by atoms with Crippen LogP contribution in [0.2, 0.25) is 5.02 Å². The zero-order valence-electron chi connectivity index (χ0n) is 14.4. The molecule has 0 aliphatic heterocycles. The molecule has 0 bridgehead atoms. The molecule has 3 N–H and O–H groups in total. The molecule has 1 aromatic heterocycles. The van der Waals surface area contributed by atoms with Crippen molar-refractivity contribution in [3.63, 3.8) is 0 Å². The molecule has 4 aromatic rings. The van der Waals surface area contributed by atoms with Gasteiger partial charge in [0.1, 0.15) is 11.6 Å². The summed E-state index contributed by atoms with van der Waals surface area (Å²) in [5.74, 6) is -1.38. The molecular weight excluding hydrogens is 384 g/mol. The van der Waals surface area contributed by atoms with Crippen LogP contribution in [-0.4, -0.2) is 11.0 Å². The molecule has 0 saturated carbocycles. The van der Waals surface area contributed by atoms with Gasteiger partial charge in [0.05, 0.1) is 17.1 Å². The van der Waals surface area contributed by atoms with E-state index < -0.39 is 17.7 Å². The Kier molecular flexibility index (Phi) is 4.71. The van der Waals surface area contributed by atoms with Crippen LogP contribution in [-0.2, 0) is 0 Å². The molecule has 0 aliphatic carbocycles. The Morgan fingerprint density at radius 1 is 0.929 bits per heavy atom. The highest BCUT2D eigenvalue weighted by Crippen LogP contribution is 2.35. The third-order valence-electron chi connectivity index (χ3n) is 4.25. The van der Waals surface area contributed by atoms with Gasteiger partial charge in [0, 0.05) is 27.6 Å². The number of carbonyl (C=O) groups excluding carboxylic acids is 1. The minimum atomic E-state index is -0.728. The van der Waals surface area contributed by atoms with E-state index >= 15 is 0 Å². The summed E-state index contributed by atoms with van der Waals surface area (Å²) >= 11 is 5.96. The molecule has 7 heteroatoms. The molecule has 28 heavy (non-hydrogen) atoms. The van der Waals surface area contributed by atoms with E-state index in [2.05, 4.69) is 15.6 Å². The molecule has 0 spiro atoms. The predicted octanol–water partition coefficient (Wildman–Crippen LogP) is 6.41. The number of carbonyl (C=O) groups is 1. The van der Waals surface area contributed by atoms with Crippen LogP contribution < -0.4 is 10.6 Å². The molecule has 140 valence electrons. The van der Waals surface area contributed by atoms with Crippen LogP contribution in [0, 0.1) is 11.6 Å². The second-order valence-electron chi connectivity index (χ2n) is 6.13. The summed E-state index contributed by atoms with van der Waals surface area (Å²) in [5.41, 5.74) is 2.58. The van der Waals surface area contributed by atoms with Gasteiger partial charge in [-0.2, -0.15) is 0 Å². The van der Waals surface area contributed by atoms with Gasteiger partial charge in [0.15, 0.2) is 0 Å². The Morgan fingerprint density at radius 2 is 1.68 bits per heavy atom. The first-order valence-corrected chi connectivity index (χ1v) is 8.79. The third-order valence-corrected chi connectivity index (χ3v) is 4.51. The molecule has 0 atom stereocenters. The number of hydrogen-bond donors (Lipinski definition) is 3. The molecule has 4 nitrogen and oxygen atoms in total. The Hall–Kier alpha value is -3.38. The fourth-order valence-electron chi connectivity index (χ4n) is 2.97. The normalized spacial score (nSPS) is 10.8. The minimum absolute atomic E-state index is 0.245. The van der Waals surface area contributed by atoms with Crippen molar-refractivity contribution in [1.29, 1.82) is 0 Å². The van der Waals surface area contributed by atoms with Crippen molar-refractivity contribution in [2.24, 2.45) is 0 Å². The fraction of sp³-hybridized carbons (Fsp3) is 0. The maximum Gasteiger partial charge on any atom is 0.323 e. The van der Waals surface area contributed by atoms with Crippen molar-refractivity contribution >= 4 is 39.9 Å². The second kappa shape index (κ2) is 7.32. The Bertz CT molecular complexity index is 1170. The summed E-state index contributed by atoms with van der Waals surface area (Å²) in [4.78, 5) is 15.7. The van der Waals surface area contributed by atoms with Crippen LogP contribution >= 0.6 is 11.6 Å². The summed E-state index contributed by atoms with van der Waals surface area (Å²) < 4.78 is 27.2. The van der Waals surface area contributed by atoms with Gasteiger partial charge >= 0.3 is 6.03 Å². The Balaban J connectivity index is 1.71. The number of aromatic amines is 1. The van der Waals surface area contributed by atoms with Gasteiger partial charge in [-0.3, -0.25) is 0 Å². The number of para-hydroxylation sites is 1. The van der Waals surface area contributed by atoms with E-state index in [9.17, 15) is 13.6 Å². The molecular formula is C21H14ClF2N3O. The Morgan fingerprint density at radius 3 is 2.46 bits per heavy atom. The lowest BCUT2D eigenvalue weighted by Crippen LogP contribution is -2.20. The fourth-order valence-corrected chi connectivity index (χ4v) is 3.09. The number of amides is 2. The highest BCUT2D eigenvalue weighted by Gasteiger charge is 2.16. The average molecular weight is 398 g/mol.